The molecule has 0 radical (unpaired) electrons. The third-order valence-corrected chi connectivity index (χ3v) is 5.67. The van der Waals surface area contributed by atoms with E-state index in [0.717, 1.165) is 31.5 Å². The highest BCUT2D eigenvalue weighted by molar-refractivity contribution is 5.87. The van der Waals surface area contributed by atoms with Crippen LogP contribution < -0.4 is 4.90 Å². The lowest BCUT2D eigenvalue weighted by atomic mass is 9.78. The fraction of sp³-hybridized carbons (Fsp3) is 0.600. The number of piperidine rings is 1. The third kappa shape index (κ3) is 3.51. The van der Waals surface area contributed by atoms with Crippen molar-refractivity contribution in [3.8, 4) is 0 Å². The molecule has 1 atom stereocenters. The Balaban J connectivity index is 1.64. The first-order chi connectivity index (χ1) is 11.9. The standard InChI is InChI=1S/C20H29N3O2/c1-16(2)23-12-7-10-20(19(23)25)11-13-22(15-20)18(24)14-21(3)17-8-5-4-6-9-17/h4-6,8-9,16H,7,10-15H2,1-3H3. The van der Waals surface area contributed by atoms with Gasteiger partial charge in [0, 0.05) is 38.4 Å². The Bertz CT molecular complexity index is 631. The first kappa shape index (κ1) is 17.8. The molecule has 5 heteroatoms. The van der Waals surface area contributed by atoms with Crippen LogP contribution in [0.4, 0.5) is 5.69 Å². The monoisotopic (exact) mass is 343 g/mol. The molecule has 0 saturated carbocycles. The van der Waals surface area contributed by atoms with Crippen molar-refractivity contribution in [1.29, 1.82) is 0 Å². The first-order valence-electron chi connectivity index (χ1n) is 9.28. The molecule has 2 amide bonds. The summed E-state index contributed by atoms with van der Waals surface area (Å²) in [6.07, 6.45) is 2.75. The summed E-state index contributed by atoms with van der Waals surface area (Å²) in [6.45, 7) is 6.62. The average molecular weight is 343 g/mol. The van der Waals surface area contributed by atoms with Gasteiger partial charge in [0.2, 0.25) is 11.8 Å². The van der Waals surface area contributed by atoms with E-state index in [-0.39, 0.29) is 23.3 Å². The van der Waals surface area contributed by atoms with Crippen LogP contribution in [0.15, 0.2) is 30.3 Å². The summed E-state index contributed by atoms with van der Waals surface area (Å²) >= 11 is 0. The number of amides is 2. The van der Waals surface area contributed by atoms with Gasteiger partial charge in [-0.1, -0.05) is 18.2 Å². The van der Waals surface area contributed by atoms with Crippen molar-refractivity contribution < 1.29 is 9.59 Å². The summed E-state index contributed by atoms with van der Waals surface area (Å²) in [5, 5.41) is 0. The first-order valence-corrected chi connectivity index (χ1v) is 9.28. The van der Waals surface area contributed by atoms with Crippen LogP contribution in [-0.4, -0.2) is 60.9 Å². The Kier molecular flexibility index (Phi) is 5.02. The Labute approximate surface area is 150 Å². The smallest absolute Gasteiger partial charge is 0.242 e. The lowest BCUT2D eigenvalue weighted by molar-refractivity contribution is -0.148. The molecule has 1 aromatic carbocycles. The van der Waals surface area contributed by atoms with Gasteiger partial charge in [-0.3, -0.25) is 9.59 Å². The van der Waals surface area contributed by atoms with Crippen molar-refractivity contribution >= 4 is 17.5 Å². The number of carbonyl (C=O) groups excluding carboxylic acids is 2. The number of rotatable bonds is 4. The van der Waals surface area contributed by atoms with Crippen molar-refractivity contribution in [2.75, 3.05) is 38.1 Å². The number of carbonyl (C=O) groups is 2. The Hall–Kier alpha value is -2.04. The van der Waals surface area contributed by atoms with Crippen LogP contribution in [0.1, 0.15) is 33.1 Å². The Morgan fingerprint density at radius 3 is 2.60 bits per heavy atom. The number of hydrogen-bond acceptors (Lipinski definition) is 3. The maximum absolute atomic E-state index is 13.0. The summed E-state index contributed by atoms with van der Waals surface area (Å²) in [5.74, 6) is 0.359. The van der Waals surface area contributed by atoms with E-state index in [0.29, 0.717) is 19.6 Å². The summed E-state index contributed by atoms with van der Waals surface area (Å²) < 4.78 is 0. The van der Waals surface area contributed by atoms with Gasteiger partial charge in [0.25, 0.3) is 0 Å². The molecule has 1 unspecified atom stereocenters. The second-order valence-corrected chi connectivity index (χ2v) is 7.73. The molecule has 5 nitrogen and oxygen atoms in total. The van der Waals surface area contributed by atoms with E-state index in [4.69, 9.17) is 0 Å². The molecular weight excluding hydrogens is 314 g/mol. The molecule has 2 aliphatic heterocycles. The molecule has 0 aromatic heterocycles. The van der Waals surface area contributed by atoms with Crippen LogP contribution in [-0.2, 0) is 9.59 Å². The SMILES string of the molecule is CC(C)N1CCCC2(CCN(C(=O)CN(C)c3ccccc3)C2)C1=O. The van der Waals surface area contributed by atoms with Gasteiger partial charge >= 0.3 is 0 Å². The van der Waals surface area contributed by atoms with Crippen molar-refractivity contribution in [1.82, 2.24) is 9.80 Å². The highest BCUT2D eigenvalue weighted by Crippen LogP contribution is 2.40. The normalized spacial score (nSPS) is 23.6. The largest absolute Gasteiger partial charge is 0.365 e. The predicted octanol–water partition coefficient (Wildman–Crippen LogP) is 2.37. The number of likely N-dealkylation sites (N-methyl/N-ethyl adjacent to an activating group) is 1. The predicted molar refractivity (Wildman–Crippen MR) is 99.4 cm³/mol. The maximum atomic E-state index is 13.0. The van der Waals surface area contributed by atoms with Crippen molar-refractivity contribution in [2.45, 2.75) is 39.2 Å². The van der Waals surface area contributed by atoms with E-state index in [1.807, 2.05) is 52.1 Å². The van der Waals surface area contributed by atoms with Gasteiger partial charge in [0.05, 0.1) is 12.0 Å². The molecule has 3 rings (SSSR count). The summed E-state index contributed by atoms with van der Waals surface area (Å²) in [5.41, 5.74) is 0.688. The second kappa shape index (κ2) is 7.06. The highest BCUT2D eigenvalue weighted by Gasteiger charge is 2.49. The molecule has 1 spiro atoms. The minimum atomic E-state index is -0.344. The molecule has 2 aliphatic rings. The van der Waals surface area contributed by atoms with Crippen LogP contribution in [0, 0.1) is 5.41 Å². The minimum Gasteiger partial charge on any atom is -0.365 e. The Morgan fingerprint density at radius 1 is 1.20 bits per heavy atom. The molecule has 0 N–H and O–H groups in total. The fourth-order valence-electron chi connectivity index (χ4n) is 4.13. The number of benzene rings is 1. The van der Waals surface area contributed by atoms with Gasteiger partial charge in [-0.05, 0) is 45.2 Å². The van der Waals surface area contributed by atoms with E-state index in [2.05, 4.69) is 13.8 Å². The zero-order chi connectivity index (χ0) is 18.0. The van der Waals surface area contributed by atoms with Crippen molar-refractivity contribution in [2.24, 2.45) is 5.41 Å². The zero-order valence-corrected chi connectivity index (χ0v) is 15.6. The van der Waals surface area contributed by atoms with Gasteiger partial charge in [0.15, 0.2) is 0 Å². The van der Waals surface area contributed by atoms with Crippen LogP contribution in [0.5, 0.6) is 0 Å². The lowest BCUT2D eigenvalue weighted by Gasteiger charge is -2.41. The summed E-state index contributed by atoms with van der Waals surface area (Å²) in [4.78, 5) is 31.6. The maximum Gasteiger partial charge on any atom is 0.242 e. The van der Waals surface area contributed by atoms with E-state index < -0.39 is 0 Å². The number of nitrogens with zero attached hydrogens (tertiary/aromatic N) is 3. The summed E-state index contributed by atoms with van der Waals surface area (Å²) in [6, 6.07) is 10.2. The van der Waals surface area contributed by atoms with Gasteiger partial charge in [0.1, 0.15) is 0 Å². The molecule has 2 heterocycles. The van der Waals surface area contributed by atoms with Crippen LogP contribution >= 0.6 is 0 Å². The van der Waals surface area contributed by atoms with Gasteiger partial charge < -0.3 is 14.7 Å². The number of hydrogen-bond donors (Lipinski definition) is 0. The number of para-hydroxylation sites is 1. The highest BCUT2D eigenvalue weighted by atomic mass is 16.2. The molecular formula is C20H29N3O2. The minimum absolute atomic E-state index is 0.109. The Morgan fingerprint density at radius 2 is 1.92 bits per heavy atom. The van der Waals surface area contributed by atoms with Crippen molar-refractivity contribution in [3.63, 3.8) is 0 Å². The number of anilines is 1. The average Bonchev–Trinajstić information content (AvgIpc) is 3.03. The van der Waals surface area contributed by atoms with Crippen LogP contribution in [0.2, 0.25) is 0 Å². The van der Waals surface area contributed by atoms with Crippen molar-refractivity contribution in [3.05, 3.63) is 30.3 Å². The third-order valence-electron chi connectivity index (χ3n) is 5.67. The molecule has 1 aromatic rings. The number of likely N-dealkylation sites (tertiary alicyclic amines) is 2. The topological polar surface area (TPSA) is 43.9 Å². The molecule has 136 valence electrons. The molecule has 2 fully saturated rings. The van der Waals surface area contributed by atoms with Gasteiger partial charge in [-0.2, -0.15) is 0 Å². The second-order valence-electron chi connectivity index (χ2n) is 7.73. The van der Waals surface area contributed by atoms with Crippen LogP contribution in [0.3, 0.4) is 0 Å². The van der Waals surface area contributed by atoms with Gasteiger partial charge in [-0.25, -0.2) is 0 Å². The van der Waals surface area contributed by atoms with E-state index in [1.165, 1.54) is 0 Å². The van der Waals surface area contributed by atoms with E-state index in [9.17, 15) is 9.59 Å². The van der Waals surface area contributed by atoms with Gasteiger partial charge in [-0.15, -0.1) is 0 Å². The van der Waals surface area contributed by atoms with Crippen LogP contribution in [0.25, 0.3) is 0 Å². The fourth-order valence-corrected chi connectivity index (χ4v) is 4.13. The van der Waals surface area contributed by atoms with E-state index >= 15 is 0 Å². The molecule has 0 aliphatic carbocycles. The zero-order valence-electron chi connectivity index (χ0n) is 15.6. The molecule has 0 bridgehead atoms. The van der Waals surface area contributed by atoms with E-state index in [1.54, 1.807) is 0 Å². The molecule has 25 heavy (non-hydrogen) atoms. The quantitative estimate of drug-likeness (QED) is 0.843. The lowest BCUT2D eigenvalue weighted by Crippen LogP contribution is -2.53. The summed E-state index contributed by atoms with van der Waals surface area (Å²) in [7, 11) is 1.94. The molecule has 2 saturated heterocycles.